The van der Waals surface area contributed by atoms with Gasteiger partial charge in [0.25, 0.3) is 0 Å². The van der Waals surface area contributed by atoms with Crippen LogP contribution in [-0.4, -0.2) is 43.0 Å². The maximum absolute atomic E-state index is 12.2. The maximum atomic E-state index is 12.2. The number of anilines is 1. The zero-order valence-electron chi connectivity index (χ0n) is 13.5. The van der Waals surface area contributed by atoms with Crippen LogP contribution in [0.15, 0.2) is 6.07 Å². The summed E-state index contributed by atoms with van der Waals surface area (Å²) in [7, 11) is 0. The summed E-state index contributed by atoms with van der Waals surface area (Å²) in [5.74, 6) is 0.297. The lowest BCUT2D eigenvalue weighted by molar-refractivity contribution is -0.117. The molecule has 2 heterocycles. The number of esters is 1. The van der Waals surface area contributed by atoms with Crippen molar-refractivity contribution < 1.29 is 14.3 Å². The minimum absolute atomic E-state index is 0.0676. The van der Waals surface area contributed by atoms with Crippen molar-refractivity contribution in [3.05, 3.63) is 16.5 Å². The Labute approximate surface area is 135 Å². The number of likely N-dealkylation sites (tertiary alicyclic amines) is 1. The molecule has 122 valence electrons. The molecule has 1 aromatic heterocycles. The highest BCUT2D eigenvalue weighted by molar-refractivity contribution is 7.16. The van der Waals surface area contributed by atoms with E-state index in [9.17, 15) is 9.59 Å². The maximum Gasteiger partial charge on any atom is 0.341 e. The van der Waals surface area contributed by atoms with E-state index in [0.29, 0.717) is 23.7 Å². The Bertz CT molecular complexity index is 533. The summed E-state index contributed by atoms with van der Waals surface area (Å²) in [6.45, 7) is 8.56. The highest BCUT2D eigenvalue weighted by atomic mass is 32.1. The number of piperidine rings is 1. The van der Waals surface area contributed by atoms with Crippen LogP contribution in [0.4, 0.5) is 5.00 Å². The van der Waals surface area contributed by atoms with E-state index < -0.39 is 0 Å². The monoisotopic (exact) mass is 324 g/mol. The second kappa shape index (κ2) is 7.74. The lowest BCUT2D eigenvalue weighted by Crippen LogP contribution is -2.38. The summed E-state index contributed by atoms with van der Waals surface area (Å²) in [4.78, 5) is 27.3. The highest BCUT2D eigenvalue weighted by Crippen LogP contribution is 2.28. The molecule has 1 aromatic rings. The minimum Gasteiger partial charge on any atom is -0.462 e. The number of carbonyl (C=O) groups is 2. The molecule has 1 aliphatic heterocycles. The number of rotatable bonds is 5. The van der Waals surface area contributed by atoms with Gasteiger partial charge in [-0.25, -0.2) is 4.79 Å². The quantitative estimate of drug-likeness (QED) is 0.846. The van der Waals surface area contributed by atoms with E-state index in [0.717, 1.165) is 36.7 Å². The van der Waals surface area contributed by atoms with Gasteiger partial charge in [-0.1, -0.05) is 6.92 Å². The molecule has 0 spiro atoms. The molecule has 0 unspecified atom stereocenters. The Morgan fingerprint density at radius 1 is 1.41 bits per heavy atom. The van der Waals surface area contributed by atoms with Crippen LogP contribution >= 0.6 is 11.3 Å². The van der Waals surface area contributed by atoms with Crippen LogP contribution in [0.2, 0.25) is 0 Å². The van der Waals surface area contributed by atoms with Crippen molar-refractivity contribution in [2.45, 2.75) is 33.6 Å². The first-order valence-electron chi connectivity index (χ1n) is 7.79. The SMILES string of the molecule is CCOC(=O)c1cc(C)sc1NC(=O)CN1CCC(C)CC1. The summed E-state index contributed by atoms with van der Waals surface area (Å²) in [5.41, 5.74) is 0.449. The van der Waals surface area contributed by atoms with Crippen LogP contribution < -0.4 is 5.32 Å². The van der Waals surface area contributed by atoms with Crippen LogP contribution in [0, 0.1) is 12.8 Å². The molecule has 1 amide bonds. The number of carbonyl (C=O) groups excluding carboxylic acids is 2. The fraction of sp³-hybridized carbons (Fsp3) is 0.625. The molecule has 0 bridgehead atoms. The normalized spacial score (nSPS) is 16.5. The smallest absolute Gasteiger partial charge is 0.341 e. The number of hydrogen-bond donors (Lipinski definition) is 1. The molecule has 0 aromatic carbocycles. The van der Waals surface area contributed by atoms with E-state index in [2.05, 4.69) is 17.1 Å². The Kier molecular flexibility index (Phi) is 5.97. The van der Waals surface area contributed by atoms with Crippen LogP contribution in [0.25, 0.3) is 0 Å². The van der Waals surface area contributed by atoms with E-state index in [1.165, 1.54) is 11.3 Å². The van der Waals surface area contributed by atoms with Gasteiger partial charge in [0.15, 0.2) is 0 Å². The molecule has 1 aliphatic rings. The number of thiophene rings is 1. The molecule has 6 heteroatoms. The molecule has 2 rings (SSSR count). The predicted octanol–water partition coefficient (Wildman–Crippen LogP) is 2.90. The molecule has 5 nitrogen and oxygen atoms in total. The summed E-state index contributed by atoms with van der Waals surface area (Å²) >= 11 is 1.41. The summed E-state index contributed by atoms with van der Waals surface area (Å²) < 4.78 is 5.03. The fourth-order valence-corrected chi connectivity index (χ4v) is 3.47. The van der Waals surface area contributed by atoms with Gasteiger partial charge in [0, 0.05) is 4.88 Å². The van der Waals surface area contributed by atoms with Crippen molar-refractivity contribution >= 4 is 28.2 Å². The van der Waals surface area contributed by atoms with Gasteiger partial charge in [0.1, 0.15) is 5.00 Å². The number of amides is 1. The van der Waals surface area contributed by atoms with Crippen molar-refractivity contribution in [2.24, 2.45) is 5.92 Å². The standard InChI is InChI=1S/C16H24N2O3S/c1-4-21-16(20)13-9-12(3)22-15(13)17-14(19)10-18-7-5-11(2)6-8-18/h9,11H,4-8,10H2,1-3H3,(H,17,19). The van der Waals surface area contributed by atoms with Crippen LogP contribution in [-0.2, 0) is 9.53 Å². The number of ether oxygens (including phenoxy) is 1. The van der Waals surface area contributed by atoms with Gasteiger partial charge in [-0.3, -0.25) is 9.69 Å². The van der Waals surface area contributed by atoms with Crippen molar-refractivity contribution in [2.75, 3.05) is 31.6 Å². The average Bonchev–Trinajstić information content (AvgIpc) is 2.82. The third-order valence-corrected chi connectivity index (χ3v) is 4.81. The first-order valence-corrected chi connectivity index (χ1v) is 8.61. The van der Waals surface area contributed by atoms with Gasteiger partial charge >= 0.3 is 5.97 Å². The van der Waals surface area contributed by atoms with Crippen molar-refractivity contribution in [3.63, 3.8) is 0 Å². The molecule has 0 aliphatic carbocycles. The van der Waals surface area contributed by atoms with E-state index in [-0.39, 0.29) is 11.9 Å². The molecule has 22 heavy (non-hydrogen) atoms. The fourth-order valence-electron chi connectivity index (χ4n) is 2.56. The Morgan fingerprint density at radius 2 is 2.09 bits per heavy atom. The minimum atomic E-state index is -0.381. The van der Waals surface area contributed by atoms with Gasteiger partial charge in [-0.05, 0) is 51.8 Å². The zero-order valence-corrected chi connectivity index (χ0v) is 14.3. The molecule has 1 N–H and O–H groups in total. The van der Waals surface area contributed by atoms with Crippen molar-refractivity contribution in [1.29, 1.82) is 0 Å². The van der Waals surface area contributed by atoms with E-state index >= 15 is 0 Å². The number of aryl methyl sites for hydroxylation is 1. The van der Waals surface area contributed by atoms with Crippen LogP contribution in [0.1, 0.15) is 41.9 Å². The van der Waals surface area contributed by atoms with Crippen LogP contribution in [0.3, 0.4) is 0 Å². The summed E-state index contributed by atoms with van der Waals surface area (Å²) in [6, 6.07) is 1.76. The van der Waals surface area contributed by atoms with Gasteiger partial charge in [-0.15, -0.1) is 11.3 Å². The summed E-state index contributed by atoms with van der Waals surface area (Å²) in [5, 5.41) is 3.46. The Balaban J connectivity index is 1.95. The van der Waals surface area contributed by atoms with E-state index in [1.54, 1.807) is 13.0 Å². The number of nitrogens with zero attached hydrogens (tertiary/aromatic N) is 1. The predicted molar refractivity (Wildman–Crippen MR) is 88.5 cm³/mol. The first-order chi connectivity index (χ1) is 10.5. The van der Waals surface area contributed by atoms with Crippen molar-refractivity contribution in [1.82, 2.24) is 4.90 Å². The number of nitrogens with one attached hydrogen (secondary N) is 1. The third kappa shape index (κ3) is 4.55. The van der Waals surface area contributed by atoms with E-state index in [4.69, 9.17) is 4.74 Å². The molecular formula is C16H24N2O3S. The number of hydrogen-bond acceptors (Lipinski definition) is 5. The van der Waals surface area contributed by atoms with Gasteiger partial charge in [-0.2, -0.15) is 0 Å². The highest BCUT2D eigenvalue weighted by Gasteiger charge is 2.21. The average molecular weight is 324 g/mol. The summed E-state index contributed by atoms with van der Waals surface area (Å²) in [6.07, 6.45) is 2.28. The Morgan fingerprint density at radius 3 is 2.73 bits per heavy atom. The molecule has 1 saturated heterocycles. The molecule has 0 radical (unpaired) electrons. The second-order valence-corrected chi connectivity index (χ2v) is 7.08. The Hall–Kier alpha value is -1.40. The molecule has 0 atom stereocenters. The lowest BCUT2D eigenvalue weighted by atomic mass is 9.99. The zero-order chi connectivity index (χ0) is 16.1. The lowest BCUT2D eigenvalue weighted by Gasteiger charge is -2.29. The van der Waals surface area contributed by atoms with Gasteiger partial charge < -0.3 is 10.1 Å². The largest absolute Gasteiger partial charge is 0.462 e. The molecular weight excluding hydrogens is 300 g/mol. The molecule has 0 saturated carbocycles. The van der Waals surface area contributed by atoms with Gasteiger partial charge in [0.2, 0.25) is 5.91 Å². The second-order valence-electron chi connectivity index (χ2n) is 5.83. The first kappa shape index (κ1) is 17.0. The van der Waals surface area contributed by atoms with Crippen LogP contribution in [0.5, 0.6) is 0 Å². The molecule has 1 fully saturated rings. The van der Waals surface area contributed by atoms with E-state index in [1.807, 2.05) is 6.92 Å². The third-order valence-electron chi connectivity index (χ3n) is 3.85. The van der Waals surface area contributed by atoms with Gasteiger partial charge in [0.05, 0.1) is 18.7 Å². The topological polar surface area (TPSA) is 58.6 Å². The van der Waals surface area contributed by atoms with Crippen molar-refractivity contribution in [3.8, 4) is 0 Å².